The molecular formula is C19H22BF3N2O2. The topological polar surface area (TPSA) is 43.4 Å². The lowest BCUT2D eigenvalue weighted by Crippen LogP contribution is -2.41. The van der Waals surface area contributed by atoms with Crippen LogP contribution >= 0.6 is 0 Å². The second-order valence-electron chi connectivity index (χ2n) is 7.71. The lowest BCUT2D eigenvalue weighted by atomic mass is 9.76. The second kappa shape index (κ2) is 6.53. The first-order chi connectivity index (χ1) is 12.4. The minimum atomic E-state index is -4.42. The lowest BCUT2D eigenvalue weighted by molar-refractivity contribution is -0.137. The van der Waals surface area contributed by atoms with Gasteiger partial charge in [-0.15, -0.1) is 0 Å². The van der Waals surface area contributed by atoms with Gasteiger partial charge < -0.3 is 14.6 Å². The molecule has 1 aromatic carbocycles. The standard InChI is InChI=1S/C19H22BF3N2O2/c1-12-6-7-14(25-16-10-13(8-9-24-16)19(21,22)23)11-15(12)20-26-17(2,3)18(4,5)27-20/h6-11H,1-5H3,(H,24,25). The summed E-state index contributed by atoms with van der Waals surface area (Å²) in [5.74, 6) is 0.119. The van der Waals surface area contributed by atoms with E-state index in [9.17, 15) is 13.2 Å². The fourth-order valence-corrected chi connectivity index (χ4v) is 2.77. The first kappa shape index (κ1) is 19.7. The number of anilines is 2. The predicted molar refractivity (Wildman–Crippen MR) is 99.4 cm³/mol. The highest BCUT2D eigenvalue weighted by Crippen LogP contribution is 2.37. The minimum Gasteiger partial charge on any atom is -0.399 e. The van der Waals surface area contributed by atoms with Crippen LogP contribution in [-0.2, 0) is 15.5 Å². The quantitative estimate of drug-likeness (QED) is 0.802. The number of hydrogen-bond donors (Lipinski definition) is 1. The van der Waals surface area contributed by atoms with Gasteiger partial charge in [-0.2, -0.15) is 13.2 Å². The van der Waals surface area contributed by atoms with E-state index in [-0.39, 0.29) is 5.82 Å². The Balaban J connectivity index is 1.87. The molecular weight excluding hydrogens is 356 g/mol. The zero-order chi connectivity index (χ0) is 20.0. The van der Waals surface area contributed by atoms with E-state index in [4.69, 9.17) is 9.31 Å². The molecule has 3 rings (SSSR count). The van der Waals surface area contributed by atoms with Crippen molar-refractivity contribution in [2.75, 3.05) is 5.32 Å². The maximum atomic E-state index is 12.9. The van der Waals surface area contributed by atoms with Crippen LogP contribution in [0.15, 0.2) is 36.5 Å². The van der Waals surface area contributed by atoms with Gasteiger partial charge in [0.25, 0.3) is 0 Å². The summed E-state index contributed by atoms with van der Waals surface area (Å²) in [6.07, 6.45) is -3.28. The molecule has 1 saturated heterocycles. The van der Waals surface area contributed by atoms with E-state index in [0.717, 1.165) is 29.4 Å². The molecule has 0 saturated carbocycles. The zero-order valence-corrected chi connectivity index (χ0v) is 15.9. The van der Waals surface area contributed by atoms with E-state index in [1.807, 2.05) is 46.8 Å². The molecule has 8 heteroatoms. The van der Waals surface area contributed by atoms with Gasteiger partial charge in [0.15, 0.2) is 0 Å². The van der Waals surface area contributed by atoms with Crippen LogP contribution in [0.2, 0.25) is 0 Å². The van der Waals surface area contributed by atoms with Gasteiger partial charge in [0.2, 0.25) is 0 Å². The van der Waals surface area contributed by atoms with Crippen LogP contribution in [0.25, 0.3) is 0 Å². The summed E-state index contributed by atoms with van der Waals surface area (Å²) in [4.78, 5) is 3.97. The molecule has 1 aromatic heterocycles. The molecule has 2 heterocycles. The number of alkyl halides is 3. The van der Waals surface area contributed by atoms with Crippen molar-refractivity contribution < 1.29 is 22.5 Å². The summed E-state index contributed by atoms with van der Waals surface area (Å²) in [5, 5.41) is 2.93. The van der Waals surface area contributed by atoms with Crippen LogP contribution in [0, 0.1) is 6.92 Å². The summed E-state index contributed by atoms with van der Waals surface area (Å²) in [5.41, 5.74) is 0.698. The molecule has 0 spiro atoms. The summed E-state index contributed by atoms with van der Waals surface area (Å²) in [6, 6.07) is 7.40. The number of nitrogens with one attached hydrogen (secondary N) is 1. The number of hydrogen-bond acceptors (Lipinski definition) is 4. The van der Waals surface area contributed by atoms with Crippen LogP contribution in [0.4, 0.5) is 24.7 Å². The molecule has 1 N–H and O–H groups in total. The highest BCUT2D eigenvalue weighted by Gasteiger charge is 2.52. The van der Waals surface area contributed by atoms with Crippen molar-refractivity contribution in [1.82, 2.24) is 4.98 Å². The SMILES string of the molecule is Cc1ccc(Nc2cc(C(F)(F)F)ccn2)cc1B1OC(C)(C)C(C)(C)O1. The molecule has 27 heavy (non-hydrogen) atoms. The van der Waals surface area contributed by atoms with E-state index in [1.165, 1.54) is 0 Å². The highest BCUT2D eigenvalue weighted by molar-refractivity contribution is 6.62. The van der Waals surface area contributed by atoms with Gasteiger partial charge in [-0.25, -0.2) is 4.98 Å². The Morgan fingerprint density at radius 3 is 2.22 bits per heavy atom. The summed E-state index contributed by atoms with van der Waals surface area (Å²) >= 11 is 0. The Labute approximate surface area is 157 Å². The molecule has 1 aliphatic heterocycles. The van der Waals surface area contributed by atoms with Crippen molar-refractivity contribution in [3.63, 3.8) is 0 Å². The van der Waals surface area contributed by atoms with Crippen LogP contribution < -0.4 is 10.8 Å². The van der Waals surface area contributed by atoms with E-state index in [2.05, 4.69) is 10.3 Å². The summed E-state index contributed by atoms with van der Waals surface area (Å²) < 4.78 is 50.8. The molecule has 0 amide bonds. The normalized spacial score (nSPS) is 18.6. The van der Waals surface area contributed by atoms with Gasteiger partial charge in [0, 0.05) is 11.9 Å². The maximum absolute atomic E-state index is 12.9. The van der Waals surface area contributed by atoms with Crippen molar-refractivity contribution >= 4 is 24.1 Å². The van der Waals surface area contributed by atoms with Crippen molar-refractivity contribution in [2.24, 2.45) is 0 Å². The molecule has 1 fully saturated rings. The van der Waals surface area contributed by atoms with Gasteiger partial charge >= 0.3 is 13.3 Å². The van der Waals surface area contributed by atoms with Crippen molar-refractivity contribution in [2.45, 2.75) is 52.0 Å². The molecule has 0 aliphatic carbocycles. The number of aryl methyl sites for hydroxylation is 1. The minimum absolute atomic E-state index is 0.119. The van der Waals surface area contributed by atoms with Gasteiger partial charge in [-0.3, -0.25) is 0 Å². The molecule has 1 aliphatic rings. The van der Waals surface area contributed by atoms with Gasteiger partial charge in [0.1, 0.15) is 5.82 Å². The van der Waals surface area contributed by atoms with Crippen molar-refractivity contribution in [1.29, 1.82) is 0 Å². The number of pyridine rings is 1. The van der Waals surface area contributed by atoms with Crippen LogP contribution in [0.1, 0.15) is 38.8 Å². The van der Waals surface area contributed by atoms with Gasteiger partial charge in [-0.1, -0.05) is 11.6 Å². The first-order valence-corrected chi connectivity index (χ1v) is 8.65. The predicted octanol–water partition coefficient (Wildman–Crippen LogP) is 4.45. The number of benzene rings is 1. The van der Waals surface area contributed by atoms with Crippen LogP contribution in [-0.4, -0.2) is 23.3 Å². The zero-order valence-electron chi connectivity index (χ0n) is 15.9. The largest absolute Gasteiger partial charge is 0.495 e. The third-order valence-corrected chi connectivity index (χ3v) is 5.15. The lowest BCUT2D eigenvalue weighted by Gasteiger charge is -2.32. The number of halogens is 3. The molecule has 4 nitrogen and oxygen atoms in total. The number of rotatable bonds is 3. The summed E-state index contributed by atoms with van der Waals surface area (Å²) in [6.45, 7) is 9.81. The second-order valence-corrected chi connectivity index (χ2v) is 7.71. The van der Waals surface area contributed by atoms with Gasteiger partial charge in [-0.05, 0) is 64.3 Å². The third-order valence-electron chi connectivity index (χ3n) is 5.15. The average Bonchev–Trinajstić information content (AvgIpc) is 2.76. The fourth-order valence-electron chi connectivity index (χ4n) is 2.77. The fraction of sp³-hybridized carbons (Fsp3) is 0.421. The Hall–Kier alpha value is -2.06. The van der Waals surface area contributed by atoms with Crippen LogP contribution in [0.5, 0.6) is 0 Å². The first-order valence-electron chi connectivity index (χ1n) is 8.65. The number of nitrogens with zero attached hydrogens (tertiary/aromatic N) is 1. The van der Waals surface area contributed by atoms with Gasteiger partial charge in [0.05, 0.1) is 16.8 Å². The Morgan fingerprint density at radius 1 is 1.00 bits per heavy atom. The molecule has 0 bridgehead atoms. The average molecular weight is 378 g/mol. The molecule has 0 radical (unpaired) electrons. The molecule has 0 unspecified atom stereocenters. The maximum Gasteiger partial charge on any atom is 0.495 e. The Bertz CT molecular complexity index is 837. The monoisotopic (exact) mass is 378 g/mol. The van der Waals surface area contributed by atoms with E-state index in [1.54, 1.807) is 6.07 Å². The summed E-state index contributed by atoms with van der Waals surface area (Å²) in [7, 11) is -0.550. The molecule has 0 atom stereocenters. The highest BCUT2D eigenvalue weighted by atomic mass is 19.4. The van der Waals surface area contributed by atoms with E-state index >= 15 is 0 Å². The smallest absolute Gasteiger partial charge is 0.399 e. The van der Waals surface area contributed by atoms with Crippen molar-refractivity contribution in [3.8, 4) is 0 Å². The Kier molecular flexibility index (Phi) is 4.76. The number of aromatic nitrogens is 1. The van der Waals surface area contributed by atoms with E-state index < -0.39 is 30.1 Å². The Morgan fingerprint density at radius 2 is 1.63 bits per heavy atom. The third kappa shape index (κ3) is 3.96. The van der Waals surface area contributed by atoms with E-state index in [0.29, 0.717) is 5.69 Å². The van der Waals surface area contributed by atoms with Crippen molar-refractivity contribution in [3.05, 3.63) is 47.7 Å². The molecule has 2 aromatic rings. The van der Waals surface area contributed by atoms with Crippen LogP contribution in [0.3, 0.4) is 0 Å². The molecule has 144 valence electrons.